The molecule has 0 bridgehead atoms. The molecule has 0 radical (unpaired) electrons. The predicted molar refractivity (Wildman–Crippen MR) is 66.0 cm³/mol. The number of hydrogen-bond acceptors (Lipinski definition) is 4. The third-order valence-corrected chi connectivity index (χ3v) is 3.74. The van der Waals surface area contributed by atoms with Crippen LogP contribution in [0, 0.1) is 0 Å². The maximum Gasteiger partial charge on any atom is 0.324 e. The van der Waals surface area contributed by atoms with Crippen LogP contribution < -0.4 is 5.32 Å². The van der Waals surface area contributed by atoms with Crippen molar-refractivity contribution in [3.63, 3.8) is 0 Å². The number of amides is 3. The van der Waals surface area contributed by atoms with Gasteiger partial charge >= 0.3 is 6.03 Å². The monoisotopic (exact) mass is 255 g/mol. The van der Waals surface area contributed by atoms with Crippen LogP contribution in [0.5, 0.6) is 0 Å². The number of carbonyl (C=O) groups is 2. The highest BCUT2D eigenvalue weighted by Crippen LogP contribution is 2.20. The highest BCUT2D eigenvalue weighted by atomic mass is 16.3. The third-order valence-electron chi connectivity index (χ3n) is 3.74. The molecule has 3 amide bonds. The van der Waals surface area contributed by atoms with E-state index in [4.69, 9.17) is 5.11 Å². The minimum atomic E-state index is -0.272. The number of imide groups is 1. The number of aliphatic hydroxyl groups excluding tert-OH is 1. The standard InChI is InChI=1S/C12H21N3O3/c16-8-2-4-10-3-1-5-14(10)6-7-15-11(17)9-13-12(15)18/h10,16H,1-9H2,(H,13,18). The van der Waals surface area contributed by atoms with Crippen molar-refractivity contribution >= 4 is 11.9 Å². The van der Waals surface area contributed by atoms with Crippen LogP contribution in [0.2, 0.25) is 0 Å². The van der Waals surface area contributed by atoms with Gasteiger partial charge in [-0.25, -0.2) is 4.79 Å². The summed E-state index contributed by atoms with van der Waals surface area (Å²) in [6, 6.07) is 0.226. The van der Waals surface area contributed by atoms with Crippen molar-refractivity contribution in [2.45, 2.75) is 31.7 Å². The number of nitrogens with zero attached hydrogens (tertiary/aromatic N) is 2. The fraction of sp³-hybridized carbons (Fsp3) is 0.833. The number of aliphatic hydroxyl groups is 1. The van der Waals surface area contributed by atoms with Gasteiger partial charge in [-0.15, -0.1) is 0 Å². The van der Waals surface area contributed by atoms with Gasteiger partial charge in [0.2, 0.25) is 5.91 Å². The van der Waals surface area contributed by atoms with Crippen molar-refractivity contribution in [2.75, 3.05) is 32.8 Å². The van der Waals surface area contributed by atoms with E-state index in [1.807, 2.05) is 0 Å². The van der Waals surface area contributed by atoms with Crippen LogP contribution in [-0.4, -0.2) is 65.7 Å². The lowest BCUT2D eigenvalue weighted by Gasteiger charge is -2.25. The zero-order chi connectivity index (χ0) is 13.0. The molecule has 1 atom stereocenters. The van der Waals surface area contributed by atoms with Crippen molar-refractivity contribution in [1.29, 1.82) is 0 Å². The van der Waals surface area contributed by atoms with Gasteiger partial charge in [0.25, 0.3) is 0 Å². The molecule has 0 spiro atoms. The topological polar surface area (TPSA) is 72.9 Å². The van der Waals surface area contributed by atoms with Crippen molar-refractivity contribution in [3.8, 4) is 0 Å². The molecule has 2 aliphatic rings. The molecule has 2 saturated heterocycles. The van der Waals surface area contributed by atoms with Gasteiger partial charge in [0.1, 0.15) is 0 Å². The van der Waals surface area contributed by atoms with Crippen LogP contribution >= 0.6 is 0 Å². The van der Waals surface area contributed by atoms with Crippen molar-refractivity contribution in [1.82, 2.24) is 15.1 Å². The Labute approximate surface area is 107 Å². The summed E-state index contributed by atoms with van der Waals surface area (Å²) in [5.74, 6) is -0.133. The van der Waals surface area contributed by atoms with Crippen molar-refractivity contribution in [3.05, 3.63) is 0 Å². The lowest BCUT2D eigenvalue weighted by Crippen LogP contribution is -2.40. The Kier molecular flexibility index (Phi) is 4.54. The number of hydrogen-bond donors (Lipinski definition) is 2. The van der Waals surface area contributed by atoms with Crippen LogP contribution in [0.4, 0.5) is 4.79 Å². The highest BCUT2D eigenvalue weighted by Gasteiger charge is 2.30. The van der Waals surface area contributed by atoms with E-state index in [-0.39, 0.29) is 25.1 Å². The summed E-state index contributed by atoms with van der Waals surface area (Å²) < 4.78 is 0. The molecule has 0 aromatic carbocycles. The maximum absolute atomic E-state index is 11.4. The van der Waals surface area contributed by atoms with Gasteiger partial charge in [-0.1, -0.05) is 0 Å². The predicted octanol–water partition coefficient (Wildman–Crippen LogP) is -0.225. The first kappa shape index (κ1) is 13.3. The highest BCUT2D eigenvalue weighted by molar-refractivity contribution is 6.01. The molecule has 0 saturated carbocycles. The Morgan fingerprint density at radius 1 is 1.33 bits per heavy atom. The molecule has 2 heterocycles. The first-order valence-corrected chi connectivity index (χ1v) is 6.65. The van der Waals surface area contributed by atoms with E-state index in [1.54, 1.807) is 0 Å². The summed E-state index contributed by atoms with van der Waals surface area (Å²) in [5, 5.41) is 11.4. The summed E-state index contributed by atoms with van der Waals surface area (Å²) in [6.45, 7) is 2.61. The van der Waals surface area contributed by atoms with Gasteiger partial charge < -0.3 is 10.4 Å². The molecule has 0 aromatic heterocycles. The van der Waals surface area contributed by atoms with Gasteiger partial charge in [0, 0.05) is 25.7 Å². The van der Waals surface area contributed by atoms with E-state index in [1.165, 1.54) is 4.90 Å². The molecule has 2 fully saturated rings. The molecule has 6 heteroatoms. The van der Waals surface area contributed by atoms with Gasteiger partial charge in [-0.3, -0.25) is 14.6 Å². The Balaban J connectivity index is 1.78. The van der Waals surface area contributed by atoms with Gasteiger partial charge in [0.05, 0.1) is 6.54 Å². The molecule has 0 aromatic rings. The molecule has 1 unspecified atom stereocenters. The van der Waals surface area contributed by atoms with Crippen LogP contribution in [0.1, 0.15) is 25.7 Å². The summed E-state index contributed by atoms with van der Waals surface area (Å²) in [5.41, 5.74) is 0. The van der Waals surface area contributed by atoms with Crippen LogP contribution in [0.15, 0.2) is 0 Å². The second-order valence-electron chi connectivity index (χ2n) is 4.90. The number of rotatable bonds is 6. The quantitative estimate of drug-likeness (QED) is 0.643. The summed E-state index contributed by atoms with van der Waals surface area (Å²) >= 11 is 0. The van der Waals surface area contributed by atoms with Crippen LogP contribution in [0.25, 0.3) is 0 Å². The second-order valence-corrected chi connectivity index (χ2v) is 4.90. The van der Waals surface area contributed by atoms with Gasteiger partial charge in [-0.2, -0.15) is 0 Å². The molecular weight excluding hydrogens is 234 g/mol. The summed E-state index contributed by atoms with van der Waals surface area (Å²) in [6.07, 6.45) is 4.14. The zero-order valence-corrected chi connectivity index (χ0v) is 10.6. The van der Waals surface area contributed by atoms with E-state index in [2.05, 4.69) is 10.2 Å². The Morgan fingerprint density at radius 2 is 2.17 bits per heavy atom. The minimum Gasteiger partial charge on any atom is -0.396 e. The van der Waals surface area contributed by atoms with Gasteiger partial charge in [0.15, 0.2) is 0 Å². The minimum absolute atomic E-state index is 0.132. The molecule has 2 rings (SSSR count). The van der Waals surface area contributed by atoms with E-state index in [0.29, 0.717) is 12.6 Å². The van der Waals surface area contributed by atoms with Crippen LogP contribution in [-0.2, 0) is 4.79 Å². The largest absolute Gasteiger partial charge is 0.396 e. The molecule has 102 valence electrons. The van der Waals surface area contributed by atoms with E-state index >= 15 is 0 Å². The SMILES string of the molecule is O=C1CNC(=O)N1CCN1CCCC1CCCO. The summed E-state index contributed by atoms with van der Waals surface area (Å²) in [4.78, 5) is 26.4. The number of carbonyl (C=O) groups excluding carboxylic acids is 2. The Morgan fingerprint density at radius 3 is 2.83 bits per heavy atom. The number of nitrogens with one attached hydrogen (secondary N) is 1. The number of likely N-dealkylation sites (tertiary alicyclic amines) is 1. The van der Waals surface area contributed by atoms with Gasteiger partial charge in [-0.05, 0) is 32.2 Å². The Bertz CT molecular complexity index is 306. The molecule has 6 nitrogen and oxygen atoms in total. The third kappa shape index (κ3) is 3.00. The molecule has 0 aliphatic carbocycles. The fourth-order valence-electron chi connectivity index (χ4n) is 2.75. The van der Waals surface area contributed by atoms with E-state index in [0.717, 1.165) is 38.8 Å². The van der Waals surface area contributed by atoms with Crippen molar-refractivity contribution in [2.24, 2.45) is 0 Å². The lowest BCUT2D eigenvalue weighted by atomic mass is 10.1. The molecule has 2 aliphatic heterocycles. The maximum atomic E-state index is 11.4. The van der Waals surface area contributed by atoms with Crippen LogP contribution in [0.3, 0.4) is 0 Å². The average Bonchev–Trinajstić information content (AvgIpc) is 2.93. The number of urea groups is 1. The normalized spacial score (nSPS) is 24.9. The first-order chi connectivity index (χ1) is 8.72. The van der Waals surface area contributed by atoms with Crippen molar-refractivity contribution < 1.29 is 14.7 Å². The zero-order valence-electron chi connectivity index (χ0n) is 10.6. The smallest absolute Gasteiger partial charge is 0.324 e. The first-order valence-electron chi connectivity index (χ1n) is 6.65. The van der Waals surface area contributed by atoms with E-state index in [9.17, 15) is 9.59 Å². The second kappa shape index (κ2) is 6.15. The average molecular weight is 255 g/mol. The van der Waals surface area contributed by atoms with E-state index < -0.39 is 0 Å². The fourth-order valence-corrected chi connectivity index (χ4v) is 2.75. The summed E-state index contributed by atoms with van der Waals surface area (Å²) in [7, 11) is 0. The Hall–Kier alpha value is -1.14. The molecule has 2 N–H and O–H groups in total. The molecule has 18 heavy (non-hydrogen) atoms. The molecular formula is C12H21N3O3. The lowest BCUT2D eigenvalue weighted by molar-refractivity contribution is -0.125.